The van der Waals surface area contributed by atoms with E-state index in [0.717, 1.165) is 37.8 Å². The van der Waals surface area contributed by atoms with E-state index in [4.69, 9.17) is 32.7 Å². The van der Waals surface area contributed by atoms with Crippen LogP contribution in [0.2, 0.25) is 10.0 Å². The average molecular weight is 536 g/mol. The summed E-state index contributed by atoms with van der Waals surface area (Å²) >= 11 is 12.4. The number of hydrogen-bond acceptors (Lipinski definition) is 5. The molecule has 0 atom stereocenters. The summed E-state index contributed by atoms with van der Waals surface area (Å²) in [6.07, 6.45) is -1.00. The highest BCUT2D eigenvalue weighted by molar-refractivity contribution is 6.34. The number of carbonyl (C=O) groups excluding carboxylic acids is 1. The fraction of sp³-hybridized carbons (Fsp3) is 0.500. The molecule has 192 valence electrons. The molecular weight excluding hydrogens is 510 g/mol. The van der Waals surface area contributed by atoms with Gasteiger partial charge in [0.25, 0.3) is 5.56 Å². The molecule has 6 nitrogen and oxygen atoms in total. The molecule has 1 aromatic carbocycles. The number of hydrogen-bond donors (Lipinski definition) is 0. The van der Waals surface area contributed by atoms with Crippen LogP contribution < -0.4 is 15.0 Å². The molecule has 1 aliphatic carbocycles. The molecular formula is C24H26Cl2F3NO5. The molecule has 1 heterocycles. The summed E-state index contributed by atoms with van der Waals surface area (Å²) in [6.45, 7) is 2.33. The summed E-state index contributed by atoms with van der Waals surface area (Å²) < 4.78 is 53.6. The van der Waals surface area contributed by atoms with Gasteiger partial charge in [0.2, 0.25) is 0 Å². The molecule has 1 fully saturated rings. The Morgan fingerprint density at radius 1 is 1.09 bits per heavy atom. The molecule has 1 aliphatic rings. The maximum Gasteiger partial charge on any atom is 0.573 e. The Morgan fingerprint density at radius 2 is 1.77 bits per heavy atom. The molecule has 0 amide bonds. The molecule has 2 aromatic rings. The molecule has 0 bridgehead atoms. The van der Waals surface area contributed by atoms with Crippen molar-refractivity contribution in [2.45, 2.75) is 58.5 Å². The van der Waals surface area contributed by atoms with Crippen molar-refractivity contribution in [3.05, 3.63) is 56.4 Å². The van der Waals surface area contributed by atoms with E-state index in [1.54, 1.807) is 6.92 Å². The smallest absolute Gasteiger partial charge is 0.487 e. The second kappa shape index (κ2) is 12.0. The molecule has 0 spiro atoms. The highest BCUT2D eigenvalue weighted by Crippen LogP contribution is 2.32. The normalized spacial score (nSPS) is 18.2. The maximum atomic E-state index is 12.8. The topological polar surface area (TPSA) is 66.8 Å². The predicted octanol–water partition coefficient (Wildman–Crippen LogP) is 6.39. The van der Waals surface area contributed by atoms with Crippen LogP contribution in [-0.2, 0) is 22.7 Å². The van der Waals surface area contributed by atoms with E-state index < -0.39 is 17.7 Å². The molecule has 0 saturated heterocycles. The Morgan fingerprint density at radius 3 is 2.43 bits per heavy atom. The van der Waals surface area contributed by atoms with Gasteiger partial charge in [0.1, 0.15) is 23.1 Å². The summed E-state index contributed by atoms with van der Waals surface area (Å²) in [5, 5.41) is 0.175. The van der Waals surface area contributed by atoms with E-state index in [9.17, 15) is 22.8 Å². The lowest BCUT2D eigenvalue weighted by Gasteiger charge is -2.27. The first-order valence-electron chi connectivity index (χ1n) is 11.3. The van der Waals surface area contributed by atoms with Gasteiger partial charge in [-0.3, -0.25) is 9.59 Å². The summed E-state index contributed by atoms with van der Waals surface area (Å²) in [7, 11) is 0. The van der Waals surface area contributed by atoms with Gasteiger partial charge in [-0.15, -0.1) is 13.2 Å². The summed E-state index contributed by atoms with van der Waals surface area (Å²) in [5.74, 6) is -0.235. The van der Waals surface area contributed by atoms with E-state index in [1.807, 2.05) is 0 Å². The highest BCUT2D eigenvalue weighted by Gasteiger charge is 2.31. The third-order valence-electron chi connectivity index (χ3n) is 5.95. The van der Waals surface area contributed by atoms with Crippen molar-refractivity contribution in [3.63, 3.8) is 0 Å². The first-order valence-corrected chi connectivity index (χ1v) is 12.1. The fourth-order valence-electron chi connectivity index (χ4n) is 4.19. The Balaban J connectivity index is 1.67. The Kier molecular flexibility index (Phi) is 9.35. The fourth-order valence-corrected chi connectivity index (χ4v) is 4.72. The molecule has 3 rings (SSSR count). The Hall–Kier alpha value is -2.39. The highest BCUT2D eigenvalue weighted by atomic mass is 35.5. The second-order valence-corrected chi connectivity index (χ2v) is 9.13. The SMILES string of the molecule is CCOC(=O)[C@H]1CC[C@H](CCn2c(COc3cccc(OC(F)(F)F)c3)c(Cl)cc(Cl)c2=O)CC1. The number of carbonyl (C=O) groups is 1. The van der Waals surface area contributed by atoms with Crippen molar-refractivity contribution in [3.8, 4) is 11.5 Å². The van der Waals surface area contributed by atoms with Crippen LogP contribution >= 0.6 is 23.2 Å². The minimum Gasteiger partial charge on any atom is -0.487 e. The van der Waals surface area contributed by atoms with E-state index in [2.05, 4.69) is 4.74 Å². The van der Waals surface area contributed by atoms with Crippen LogP contribution in [0.5, 0.6) is 11.5 Å². The average Bonchev–Trinajstić information content (AvgIpc) is 2.79. The quantitative estimate of drug-likeness (QED) is 0.348. The van der Waals surface area contributed by atoms with Gasteiger partial charge in [-0.1, -0.05) is 29.3 Å². The first-order chi connectivity index (χ1) is 16.6. The molecule has 0 aliphatic heterocycles. The Labute approximate surface area is 210 Å². The standard InChI is InChI=1S/C24H26Cl2F3NO5/c1-2-33-23(32)16-8-6-15(7-9-16)10-11-30-21(19(25)13-20(26)22(30)31)14-34-17-4-3-5-18(12-17)35-24(27,28)29/h3-5,12-13,15-16H,2,6-11,14H2,1H3/t15-,16-. The molecule has 0 radical (unpaired) electrons. The molecule has 1 saturated carbocycles. The zero-order valence-corrected chi connectivity index (χ0v) is 20.6. The third kappa shape index (κ3) is 7.80. The third-order valence-corrected chi connectivity index (χ3v) is 6.54. The number of esters is 1. The molecule has 35 heavy (non-hydrogen) atoms. The minimum atomic E-state index is -4.83. The van der Waals surface area contributed by atoms with Gasteiger partial charge in [0, 0.05) is 12.6 Å². The van der Waals surface area contributed by atoms with E-state index in [-0.39, 0.29) is 34.3 Å². The van der Waals surface area contributed by atoms with Crippen LogP contribution in [0, 0.1) is 11.8 Å². The maximum absolute atomic E-state index is 12.8. The van der Waals surface area contributed by atoms with Crippen LogP contribution in [0.25, 0.3) is 0 Å². The number of ether oxygens (including phenoxy) is 3. The molecule has 11 heteroatoms. The number of benzene rings is 1. The summed E-state index contributed by atoms with van der Waals surface area (Å²) in [5.41, 5.74) is -0.0625. The largest absolute Gasteiger partial charge is 0.573 e. The van der Waals surface area contributed by atoms with E-state index in [0.29, 0.717) is 31.2 Å². The van der Waals surface area contributed by atoms with Gasteiger partial charge < -0.3 is 18.8 Å². The van der Waals surface area contributed by atoms with E-state index >= 15 is 0 Å². The lowest BCUT2D eigenvalue weighted by molar-refractivity contribution is -0.274. The van der Waals surface area contributed by atoms with Crippen LogP contribution in [0.1, 0.15) is 44.7 Å². The van der Waals surface area contributed by atoms with Crippen molar-refractivity contribution in [1.82, 2.24) is 4.57 Å². The Bertz CT molecular complexity index is 1080. The van der Waals surface area contributed by atoms with Crippen LogP contribution in [0.4, 0.5) is 13.2 Å². The van der Waals surface area contributed by atoms with Crippen molar-refractivity contribution in [2.75, 3.05) is 6.61 Å². The molecule has 1 aromatic heterocycles. The zero-order chi connectivity index (χ0) is 25.6. The van der Waals surface area contributed by atoms with Crippen LogP contribution in [0.15, 0.2) is 35.1 Å². The molecule has 0 unspecified atom stereocenters. The predicted molar refractivity (Wildman–Crippen MR) is 125 cm³/mol. The van der Waals surface area contributed by atoms with Crippen molar-refractivity contribution < 1.29 is 32.2 Å². The number of aromatic nitrogens is 1. The number of nitrogens with zero attached hydrogens (tertiary/aromatic N) is 1. The first kappa shape index (κ1) is 27.2. The van der Waals surface area contributed by atoms with Crippen molar-refractivity contribution in [2.24, 2.45) is 11.8 Å². The zero-order valence-electron chi connectivity index (χ0n) is 19.1. The van der Waals surface area contributed by atoms with Crippen LogP contribution in [-0.4, -0.2) is 23.5 Å². The van der Waals surface area contributed by atoms with Crippen LogP contribution in [0.3, 0.4) is 0 Å². The van der Waals surface area contributed by atoms with Gasteiger partial charge in [-0.25, -0.2) is 0 Å². The van der Waals surface area contributed by atoms with Gasteiger partial charge in [-0.2, -0.15) is 0 Å². The van der Waals surface area contributed by atoms with Crippen molar-refractivity contribution >= 4 is 29.2 Å². The van der Waals surface area contributed by atoms with E-state index in [1.165, 1.54) is 22.8 Å². The lowest BCUT2D eigenvalue weighted by Crippen LogP contribution is -2.28. The number of halogens is 5. The van der Waals surface area contributed by atoms with Gasteiger partial charge in [0.05, 0.1) is 23.2 Å². The second-order valence-electron chi connectivity index (χ2n) is 8.31. The molecule has 0 N–H and O–H groups in total. The monoisotopic (exact) mass is 535 g/mol. The van der Waals surface area contributed by atoms with Crippen molar-refractivity contribution in [1.29, 1.82) is 0 Å². The summed E-state index contributed by atoms with van der Waals surface area (Å²) in [4.78, 5) is 24.7. The van der Waals surface area contributed by atoms with Gasteiger partial charge >= 0.3 is 12.3 Å². The number of pyridine rings is 1. The lowest BCUT2D eigenvalue weighted by atomic mass is 9.80. The minimum absolute atomic E-state index is 0.0367. The summed E-state index contributed by atoms with van der Waals surface area (Å²) in [6, 6.07) is 6.41. The number of rotatable bonds is 9. The van der Waals surface area contributed by atoms with Gasteiger partial charge in [0.15, 0.2) is 0 Å². The van der Waals surface area contributed by atoms with Gasteiger partial charge in [-0.05, 0) is 63.1 Å². The number of alkyl halides is 3.